The summed E-state index contributed by atoms with van der Waals surface area (Å²) in [6.07, 6.45) is 4.55. The van der Waals surface area contributed by atoms with E-state index >= 15 is 0 Å². The molecule has 0 saturated carbocycles. The minimum atomic E-state index is -0.311. The van der Waals surface area contributed by atoms with Gasteiger partial charge in [0.1, 0.15) is 0 Å². The van der Waals surface area contributed by atoms with Crippen LogP contribution in [0.3, 0.4) is 0 Å². The number of hydrogen-bond acceptors (Lipinski definition) is 2. The van der Waals surface area contributed by atoms with Crippen LogP contribution in [0.4, 0.5) is 0 Å². The zero-order valence-electron chi connectivity index (χ0n) is 13.9. The highest BCUT2D eigenvalue weighted by atomic mass is 16.3. The summed E-state index contributed by atoms with van der Waals surface area (Å²) in [5, 5.41) is 10.9. The van der Waals surface area contributed by atoms with Crippen molar-refractivity contribution in [3.05, 3.63) is 42.4 Å². The Hall–Kier alpha value is -1.61. The van der Waals surface area contributed by atoms with Crippen molar-refractivity contribution in [2.45, 2.75) is 46.3 Å². The van der Waals surface area contributed by atoms with Crippen LogP contribution in [0, 0.1) is 17.8 Å². The normalized spacial score (nSPS) is 19.3. The first kappa shape index (κ1) is 15.3. The minimum Gasteiger partial charge on any atom is -0.392 e. The summed E-state index contributed by atoms with van der Waals surface area (Å²) in [4.78, 5) is 4.34. The fourth-order valence-electron chi connectivity index (χ4n) is 3.80. The van der Waals surface area contributed by atoms with Crippen molar-refractivity contribution in [3.63, 3.8) is 0 Å². The fraction of sp³-hybridized carbons (Fsp3) is 0.526. The Morgan fingerprint density at radius 3 is 2.59 bits per heavy atom. The molecule has 1 aliphatic rings. The predicted octanol–water partition coefficient (Wildman–Crippen LogP) is 4.13. The van der Waals surface area contributed by atoms with Crippen LogP contribution in [0.5, 0.6) is 0 Å². The van der Waals surface area contributed by atoms with Crippen molar-refractivity contribution in [2.75, 3.05) is 0 Å². The Morgan fingerprint density at radius 1 is 1.18 bits per heavy atom. The molecular weight excluding hydrogens is 272 g/mol. The molecule has 0 bridgehead atoms. The van der Waals surface area contributed by atoms with Gasteiger partial charge in [0.15, 0.2) is 0 Å². The summed E-state index contributed by atoms with van der Waals surface area (Å²) < 4.78 is 2.25. The zero-order valence-corrected chi connectivity index (χ0v) is 13.9. The lowest BCUT2D eigenvalue weighted by Crippen LogP contribution is -2.34. The lowest BCUT2D eigenvalue weighted by Gasteiger charge is -2.33. The Labute approximate surface area is 133 Å². The van der Waals surface area contributed by atoms with E-state index in [1.54, 1.807) is 0 Å². The third-order valence-electron chi connectivity index (χ3n) is 4.79. The molecule has 3 nitrogen and oxygen atoms in total. The van der Waals surface area contributed by atoms with Crippen molar-refractivity contribution < 1.29 is 5.11 Å². The summed E-state index contributed by atoms with van der Waals surface area (Å²) in [6.45, 7) is 8.67. The molecule has 3 rings (SSSR count). The number of aromatic nitrogens is 2. The monoisotopic (exact) mass is 298 g/mol. The van der Waals surface area contributed by atoms with Crippen LogP contribution in [-0.4, -0.2) is 20.8 Å². The van der Waals surface area contributed by atoms with Crippen molar-refractivity contribution in [1.82, 2.24) is 9.55 Å². The van der Waals surface area contributed by atoms with Gasteiger partial charge in [-0.15, -0.1) is 0 Å². The van der Waals surface area contributed by atoms with Gasteiger partial charge in [-0.25, -0.2) is 4.98 Å². The van der Waals surface area contributed by atoms with Gasteiger partial charge in [-0.2, -0.15) is 0 Å². The van der Waals surface area contributed by atoms with E-state index in [4.69, 9.17) is 0 Å². The smallest absolute Gasteiger partial charge is 0.0956 e. The quantitative estimate of drug-likeness (QED) is 0.901. The van der Waals surface area contributed by atoms with Gasteiger partial charge >= 0.3 is 0 Å². The van der Waals surface area contributed by atoms with E-state index in [2.05, 4.69) is 61.5 Å². The van der Waals surface area contributed by atoms with E-state index in [0.717, 1.165) is 6.42 Å². The van der Waals surface area contributed by atoms with Gasteiger partial charge in [0.2, 0.25) is 0 Å². The van der Waals surface area contributed by atoms with Gasteiger partial charge in [0.05, 0.1) is 30.4 Å². The lowest BCUT2D eigenvalue weighted by molar-refractivity contribution is 0.0364. The molecule has 0 radical (unpaired) electrons. The Balaban J connectivity index is 2.08. The maximum atomic E-state index is 10.9. The molecule has 22 heavy (non-hydrogen) atoms. The zero-order chi connectivity index (χ0) is 15.9. The Bertz CT molecular complexity index is 644. The van der Waals surface area contributed by atoms with Gasteiger partial charge in [0.25, 0.3) is 0 Å². The molecule has 1 aliphatic heterocycles. The lowest BCUT2D eigenvalue weighted by atomic mass is 9.79. The van der Waals surface area contributed by atoms with E-state index in [0.29, 0.717) is 5.92 Å². The summed E-state index contributed by atoms with van der Waals surface area (Å²) >= 11 is 0. The van der Waals surface area contributed by atoms with E-state index < -0.39 is 0 Å². The summed E-state index contributed by atoms with van der Waals surface area (Å²) in [6, 6.07) is 8.73. The van der Waals surface area contributed by atoms with Gasteiger partial charge in [-0.1, -0.05) is 52.0 Å². The number of benzene rings is 1. The highest BCUT2D eigenvalue weighted by Gasteiger charge is 2.38. The Morgan fingerprint density at radius 2 is 1.91 bits per heavy atom. The molecule has 0 spiro atoms. The Kier molecular flexibility index (Phi) is 4.09. The molecule has 0 fully saturated rings. The molecule has 3 atom stereocenters. The highest BCUT2D eigenvalue weighted by Crippen LogP contribution is 2.46. The second-order valence-corrected chi connectivity index (χ2v) is 7.25. The van der Waals surface area contributed by atoms with Crippen molar-refractivity contribution >= 4 is 0 Å². The SMILES string of the molecule is CC(C)CC([C@@H](O)C(C)C)[C@H]1c2ccccc2-c2cncn21. The molecule has 2 aromatic rings. The van der Waals surface area contributed by atoms with Gasteiger partial charge in [0, 0.05) is 11.5 Å². The van der Waals surface area contributed by atoms with Crippen molar-refractivity contribution in [1.29, 1.82) is 0 Å². The molecule has 0 saturated heterocycles. The predicted molar refractivity (Wildman–Crippen MR) is 89.6 cm³/mol. The molecule has 0 aliphatic carbocycles. The van der Waals surface area contributed by atoms with Crippen LogP contribution in [0.15, 0.2) is 36.8 Å². The van der Waals surface area contributed by atoms with Crippen LogP contribution < -0.4 is 0 Å². The second kappa shape index (κ2) is 5.88. The van der Waals surface area contributed by atoms with E-state index in [1.165, 1.54) is 16.8 Å². The average molecular weight is 298 g/mol. The van der Waals surface area contributed by atoms with E-state index in [1.807, 2.05) is 12.5 Å². The van der Waals surface area contributed by atoms with E-state index in [-0.39, 0.29) is 24.0 Å². The number of hydrogen-bond donors (Lipinski definition) is 1. The number of aliphatic hydroxyl groups is 1. The fourth-order valence-corrected chi connectivity index (χ4v) is 3.80. The molecule has 3 heteroatoms. The van der Waals surface area contributed by atoms with Crippen LogP contribution in [0.1, 0.15) is 45.7 Å². The third kappa shape index (κ3) is 2.48. The van der Waals surface area contributed by atoms with Crippen molar-refractivity contribution in [3.8, 4) is 11.3 Å². The molecule has 1 N–H and O–H groups in total. The first-order chi connectivity index (χ1) is 10.5. The molecular formula is C19H26N2O. The largest absolute Gasteiger partial charge is 0.392 e. The average Bonchev–Trinajstić information content (AvgIpc) is 3.04. The van der Waals surface area contributed by atoms with E-state index in [9.17, 15) is 5.11 Å². The van der Waals surface area contributed by atoms with Crippen LogP contribution in [0.2, 0.25) is 0 Å². The molecule has 1 aromatic carbocycles. The molecule has 0 amide bonds. The standard InChI is InChI=1S/C19H26N2O/c1-12(2)9-16(19(22)13(3)4)18-15-8-6-5-7-14(15)17-10-20-11-21(17)18/h5-8,10-13,16,18-19,22H,9H2,1-4H3/t16?,18-,19+/m1/s1. The van der Waals surface area contributed by atoms with Crippen LogP contribution >= 0.6 is 0 Å². The minimum absolute atomic E-state index is 0.188. The maximum absolute atomic E-state index is 10.9. The van der Waals surface area contributed by atoms with Gasteiger partial charge in [-0.3, -0.25) is 0 Å². The summed E-state index contributed by atoms with van der Waals surface area (Å²) in [7, 11) is 0. The number of imidazole rings is 1. The maximum Gasteiger partial charge on any atom is 0.0956 e. The van der Waals surface area contributed by atoms with Gasteiger partial charge in [-0.05, 0) is 23.8 Å². The number of fused-ring (bicyclic) bond motifs is 3. The molecule has 118 valence electrons. The molecule has 1 aromatic heterocycles. The summed E-state index contributed by atoms with van der Waals surface area (Å²) in [5.74, 6) is 1.01. The first-order valence-corrected chi connectivity index (χ1v) is 8.30. The summed E-state index contributed by atoms with van der Waals surface area (Å²) in [5.41, 5.74) is 3.75. The third-order valence-corrected chi connectivity index (χ3v) is 4.79. The molecule has 2 heterocycles. The van der Waals surface area contributed by atoms with Crippen LogP contribution in [0.25, 0.3) is 11.3 Å². The number of aliphatic hydroxyl groups excluding tert-OH is 1. The highest BCUT2D eigenvalue weighted by molar-refractivity contribution is 5.69. The topological polar surface area (TPSA) is 38.1 Å². The van der Waals surface area contributed by atoms with Gasteiger partial charge < -0.3 is 9.67 Å². The molecule has 1 unspecified atom stereocenters. The first-order valence-electron chi connectivity index (χ1n) is 8.30. The number of rotatable bonds is 5. The second-order valence-electron chi connectivity index (χ2n) is 7.25. The number of nitrogens with zero attached hydrogens (tertiary/aromatic N) is 2. The van der Waals surface area contributed by atoms with Crippen molar-refractivity contribution in [2.24, 2.45) is 17.8 Å². The van der Waals surface area contributed by atoms with Crippen LogP contribution in [-0.2, 0) is 0 Å².